The van der Waals surface area contributed by atoms with Gasteiger partial charge in [0, 0.05) is 19.3 Å². The highest BCUT2D eigenvalue weighted by Crippen LogP contribution is 2.09. The molecule has 2 rings (SSSR count). The second-order valence-electron chi connectivity index (χ2n) is 5.14. The summed E-state index contributed by atoms with van der Waals surface area (Å²) in [7, 11) is 1.82. The average molecular weight is 345 g/mol. The molecule has 4 nitrogen and oxygen atoms in total. The van der Waals surface area contributed by atoms with Crippen molar-refractivity contribution in [1.82, 2.24) is 15.8 Å². The third kappa shape index (κ3) is 5.84. The van der Waals surface area contributed by atoms with Crippen LogP contribution in [0.3, 0.4) is 0 Å². The van der Waals surface area contributed by atoms with Crippen molar-refractivity contribution in [1.29, 1.82) is 0 Å². The van der Waals surface area contributed by atoms with Crippen LogP contribution in [0.1, 0.15) is 11.1 Å². The fraction of sp³-hybridized carbons (Fsp3) is 0.176. The van der Waals surface area contributed by atoms with E-state index in [1.165, 1.54) is 11.1 Å². The number of hydrogen-bond acceptors (Lipinski definition) is 2. The van der Waals surface area contributed by atoms with E-state index in [4.69, 9.17) is 24.4 Å². The van der Waals surface area contributed by atoms with Crippen molar-refractivity contribution in [2.45, 2.75) is 13.5 Å². The first kappa shape index (κ1) is 17.2. The third-order valence-electron chi connectivity index (χ3n) is 3.14. The molecule has 0 unspecified atom stereocenters. The van der Waals surface area contributed by atoms with Crippen molar-refractivity contribution in [3.8, 4) is 0 Å². The van der Waals surface area contributed by atoms with Crippen LogP contribution in [-0.4, -0.2) is 22.3 Å². The molecule has 3 N–H and O–H groups in total. The van der Waals surface area contributed by atoms with Crippen LogP contribution in [0.2, 0.25) is 0 Å². The molecule has 0 aromatic heterocycles. The molecular formula is C17H20N4S2. The van der Waals surface area contributed by atoms with Gasteiger partial charge in [-0.25, -0.2) is 0 Å². The Kier molecular flexibility index (Phi) is 6.31. The molecule has 0 bridgehead atoms. The summed E-state index contributed by atoms with van der Waals surface area (Å²) < 4.78 is 0. The predicted octanol–water partition coefficient (Wildman–Crippen LogP) is 3.20. The van der Waals surface area contributed by atoms with Crippen molar-refractivity contribution in [3.63, 3.8) is 0 Å². The highest BCUT2D eigenvalue weighted by molar-refractivity contribution is 7.80. The first-order chi connectivity index (χ1) is 11.0. The van der Waals surface area contributed by atoms with Crippen LogP contribution < -0.4 is 16.1 Å². The number of hydrogen-bond donors (Lipinski definition) is 3. The second-order valence-corrected chi connectivity index (χ2v) is 5.93. The minimum atomic E-state index is 0.488. The van der Waals surface area contributed by atoms with E-state index < -0.39 is 0 Å². The SMILES string of the molecule is Cc1cccc(NC(=S)NN(C)C(=S)NCc2ccccc2)c1. The van der Waals surface area contributed by atoms with Crippen molar-refractivity contribution < 1.29 is 0 Å². The van der Waals surface area contributed by atoms with Gasteiger partial charge >= 0.3 is 0 Å². The smallest absolute Gasteiger partial charge is 0.189 e. The number of aryl methyl sites for hydroxylation is 1. The number of rotatable bonds is 3. The minimum Gasteiger partial charge on any atom is -0.357 e. The van der Waals surface area contributed by atoms with Crippen LogP contribution >= 0.6 is 24.4 Å². The summed E-state index contributed by atoms with van der Waals surface area (Å²) in [6.07, 6.45) is 0. The van der Waals surface area contributed by atoms with Gasteiger partial charge in [-0.05, 0) is 54.6 Å². The molecule has 120 valence electrons. The Bertz CT molecular complexity index is 673. The Hall–Kier alpha value is -2.18. The number of nitrogens with one attached hydrogen (secondary N) is 3. The fourth-order valence-corrected chi connectivity index (χ4v) is 2.35. The number of nitrogens with zero attached hydrogens (tertiary/aromatic N) is 1. The van der Waals surface area contributed by atoms with Gasteiger partial charge in [-0.1, -0.05) is 42.5 Å². The molecule has 0 aliphatic rings. The monoisotopic (exact) mass is 344 g/mol. The number of benzene rings is 2. The molecule has 0 heterocycles. The zero-order valence-corrected chi connectivity index (χ0v) is 14.8. The molecule has 6 heteroatoms. The van der Waals surface area contributed by atoms with Gasteiger partial charge in [0.15, 0.2) is 10.2 Å². The Labute approximate surface area is 147 Å². The van der Waals surface area contributed by atoms with Gasteiger partial charge in [-0.15, -0.1) is 0 Å². The molecule has 0 amide bonds. The van der Waals surface area contributed by atoms with Gasteiger partial charge in [0.05, 0.1) is 0 Å². The first-order valence-corrected chi connectivity index (χ1v) is 8.06. The van der Waals surface area contributed by atoms with Gasteiger partial charge in [0.25, 0.3) is 0 Å². The lowest BCUT2D eigenvalue weighted by molar-refractivity contribution is 0.450. The average Bonchev–Trinajstić information content (AvgIpc) is 2.53. The van der Waals surface area contributed by atoms with Crippen LogP contribution in [0.25, 0.3) is 0 Å². The van der Waals surface area contributed by atoms with Crippen molar-refractivity contribution in [3.05, 3.63) is 65.7 Å². The normalized spacial score (nSPS) is 9.83. The van der Waals surface area contributed by atoms with Crippen LogP contribution in [0, 0.1) is 6.92 Å². The van der Waals surface area contributed by atoms with Gasteiger partial charge in [0.1, 0.15) is 0 Å². The van der Waals surface area contributed by atoms with E-state index in [0.29, 0.717) is 16.8 Å². The van der Waals surface area contributed by atoms with E-state index in [0.717, 1.165) is 5.69 Å². The Morgan fingerprint density at radius 1 is 1.04 bits per heavy atom. The molecule has 0 saturated carbocycles. The molecular weight excluding hydrogens is 324 g/mol. The van der Waals surface area contributed by atoms with Crippen LogP contribution in [0.15, 0.2) is 54.6 Å². The van der Waals surface area contributed by atoms with E-state index in [1.807, 2.05) is 68.6 Å². The van der Waals surface area contributed by atoms with Crippen molar-refractivity contribution in [2.75, 3.05) is 12.4 Å². The molecule has 0 fully saturated rings. The molecule has 0 aliphatic heterocycles. The van der Waals surface area contributed by atoms with E-state index in [-0.39, 0.29) is 0 Å². The highest BCUT2D eigenvalue weighted by atomic mass is 32.1. The summed E-state index contributed by atoms with van der Waals surface area (Å²) in [6, 6.07) is 18.1. The molecule has 0 radical (unpaired) electrons. The quantitative estimate of drug-likeness (QED) is 0.587. The lowest BCUT2D eigenvalue weighted by Gasteiger charge is -2.23. The molecule has 2 aromatic carbocycles. The van der Waals surface area contributed by atoms with Gasteiger partial charge in [0.2, 0.25) is 0 Å². The minimum absolute atomic E-state index is 0.488. The van der Waals surface area contributed by atoms with Crippen LogP contribution in [0.4, 0.5) is 5.69 Å². The highest BCUT2D eigenvalue weighted by Gasteiger charge is 2.06. The van der Waals surface area contributed by atoms with Gasteiger partial charge < -0.3 is 10.6 Å². The fourth-order valence-electron chi connectivity index (χ4n) is 1.98. The maximum atomic E-state index is 5.34. The Morgan fingerprint density at radius 2 is 1.78 bits per heavy atom. The van der Waals surface area contributed by atoms with Crippen LogP contribution in [-0.2, 0) is 6.54 Å². The summed E-state index contributed by atoms with van der Waals surface area (Å²) >= 11 is 10.6. The summed E-state index contributed by atoms with van der Waals surface area (Å²) in [5.74, 6) is 0. The maximum absolute atomic E-state index is 5.34. The number of hydrazine groups is 1. The van der Waals surface area contributed by atoms with Crippen molar-refractivity contribution >= 4 is 40.3 Å². The molecule has 23 heavy (non-hydrogen) atoms. The van der Waals surface area contributed by atoms with Gasteiger partial charge in [-0.2, -0.15) is 0 Å². The molecule has 0 aliphatic carbocycles. The lowest BCUT2D eigenvalue weighted by Crippen LogP contribution is -2.49. The Morgan fingerprint density at radius 3 is 2.48 bits per heavy atom. The second kappa shape index (κ2) is 8.45. The largest absolute Gasteiger partial charge is 0.357 e. The molecule has 0 atom stereocenters. The lowest BCUT2D eigenvalue weighted by atomic mass is 10.2. The summed E-state index contributed by atoms with van der Waals surface area (Å²) in [5.41, 5.74) is 6.32. The Balaban J connectivity index is 1.79. The molecule has 0 saturated heterocycles. The predicted molar refractivity (Wildman–Crippen MR) is 104 cm³/mol. The maximum Gasteiger partial charge on any atom is 0.189 e. The van der Waals surface area contributed by atoms with E-state index in [1.54, 1.807) is 5.01 Å². The number of thiocarbonyl (C=S) groups is 2. The zero-order chi connectivity index (χ0) is 16.7. The summed E-state index contributed by atoms with van der Waals surface area (Å²) in [5, 5.41) is 9.06. The molecule has 0 spiro atoms. The molecule has 2 aromatic rings. The van der Waals surface area contributed by atoms with E-state index >= 15 is 0 Å². The van der Waals surface area contributed by atoms with E-state index in [9.17, 15) is 0 Å². The van der Waals surface area contributed by atoms with Crippen molar-refractivity contribution in [2.24, 2.45) is 0 Å². The zero-order valence-electron chi connectivity index (χ0n) is 13.2. The summed E-state index contributed by atoms with van der Waals surface area (Å²) in [6.45, 7) is 2.71. The standard InChI is InChI=1S/C17H20N4S2/c1-13-7-6-10-15(11-13)19-16(22)20-21(2)17(23)18-12-14-8-4-3-5-9-14/h3-11H,12H2,1-2H3,(H,18,23)(H2,19,20,22). The van der Waals surface area contributed by atoms with E-state index in [2.05, 4.69) is 16.1 Å². The number of anilines is 1. The first-order valence-electron chi connectivity index (χ1n) is 7.24. The van der Waals surface area contributed by atoms with Crippen LogP contribution in [0.5, 0.6) is 0 Å². The van der Waals surface area contributed by atoms with Gasteiger partial charge in [-0.3, -0.25) is 10.4 Å². The topological polar surface area (TPSA) is 39.3 Å². The third-order valence-corrected chi connectivity index (χ3v) is 3.75. The summed E-state index contributed by atoms with van der Waals surface area (Å²) in [4.78, 5) is 0.